The molecule has 0 fully saturated rings. The van der Waals surface area contributed by atoms with Crippen molar-refractivity contribution in [3.63, 3.8) is 0 Å². The lowest BCUT2D eigenvalue weighted by molar-refractivity contribution is -0.139. The third-order valence-electron chi connectivity index (χ3n) is 6.37. The Bertz CT molecular complexity index is 1390. The molecule has 0 heterocycles. The Morgan fingerprint density at radius 2 is 1.52 bits per heavy atom. The van der Waals surface area contributed by atoms with Gasteiger partial charge in [0.2, 0.25) is 11.8 Å². The molecule has 0 saturated carbocycles. The normalized spacial score (nSPS) is 12.1. The quantitative estimate of drug-likeness (QED) is 0.346. The molecule has 3 aromatic carbocycles. The maximum atomic E-state index is 13.9. The Morgan fingerprint density at radius 3 is 2.08 bits per heavy atom. The number of carbonyl (C=O) groups is 2. The topological polar surface area (TPSA) is 96.0 Å². The van der Waals surface area contributed by atoms with Gasteiger partial charge in [-0.2, -0.15) is 0 Å². The van der Waals surface area contributed by atoms with Gasteiger partial charge < -0.3 is 15.0 Å². The number of nitrogens with one attached hydrogen (secondary N) is 1. The van der Waals surface area contributed by atoms with Crippen molar-refractivity contribution in [2.45, 2.75) is 45.2 Å². The minimum absolute atomic E-state index is 0.0174. The molecule has 8 nitrogen and oxygen atoms in total. The van der Waals surface area contributed by atoms with Gasteiger partial charge in [-0.3, -0.25) is 13.9 Å². The first kappa shape index (κ1) is 30.6. The van der Waals surface area contributed by atoms with E-state index in [9.17, 15) is 22.4 Å². The van der Waals surface area contributed by atoms with E-state index >= 15 is 0 Å². The van der Waals surface area contributed by atoms with E-state index < -0.39 is 34.3 Å². The number of amides is 2. The second-order valence-corrected chi connectivity index (χ2v) is 11.8. The largest absolute Gasteiger partial charge is 0.497 e. The van der Waals surface area contributed by atoms with E-state index in [1.54, 1.807) is 43.3 Å². The van der Waals surface area contributed by atoms with E-state index in [1.165, 1.54) is 48.4 Å². The molecule has 0 spiro atoms. The first-order valence-corrected chi connectivity index (χ1v) is 14.4. The molecule has 40 heavy (non-hydrogen) atoms. The molecular formula is C30H36FN3O5S. The zero-order valence-corrected chi connectivity index (χ0v) is 24.2. The average molecular weight is 570 g/mol. The number of hydrogen-bond donors (Lipinski definition) is 1. The van der Waals surface area contributed by atoms with E-state index in [0.717, 1.165) is 9.87 Å². The molecule has 214 valence electrons. The number of sulfonamides is 1. The van der Waals surface area contributed by atoms with Crippen LogP contribution in [0.25, 0.3) is 0 Å². The van der Waals surface area contributed by atoms with Crippen molar-refractivity contribution in [3.05, 3.63) is 89.7 Å². The van der Waals surface area contributed by atoms with Crippen LogP contribution in [0, 0.1) is 18.7 Å². The summed E-state index contributed by atoms with van der Waals surface area (Å²) in [4.78, 5) is 28.2. The van der Waals surface area contributed by atoms with E-state index in [-0.39, 0.29) is 29.0 Å². The predicted molar refractivity (Wildman–Crippen MR) is 153 cm³/mol. The zero-order chi connectivity index (χ0) is 29.4. The number of ether oxygens (including phenoxy) is 1. The van der Waals surface area contributed by atoms with Crippen LogP contribution >= 0.6 is 0 Å². The number of halogens is 1. The minimum Gasteiger partial charge on any atom is -0.497 e. The minimum atomic E-state index is -4.17. The Labute approximate surface area is 235 Å². The van der Waals surface area contributed by atoms with Gasteiger partial charge in [0.1, 0.15) is 24.2 Å². The molecule has 0 unspecified atom stereocenters. The van der Waals surface area contributed by atoms with Gasteiger partial charge in [-0.25, -0.2) is 12.8 Å². The smallest absolute Gasteiger partial charge is 0.264 e. The summed E-state index contributed by atoms with van der Waals surface area (Å²) in [5.41, 5.74) is 1.74. The van der Waals surface area contributed by atoms with Gasteiger partial charge in [-0.05, 0) is 73.9 Å². The standard InChI is InChI=1S/C30H36FN3O5S/c1-21(2)18-32-30(36)23(4)33(19-24-8-10-25(31)11-9-24)29(35)20-34(26-12-14-27(39-5)15-13-26)40(37,38)28-16-6-22(3)7-17-28/h6-17,21,23H,18-20H2,1-5H3,(H,32,36)/t23-/m0/s1. The van der Waals surface area contributed by atoms with E-state index in [0.29, 0.717) is 17.9 Å². The molecule has 0 bridgehead atoms. The summed E-state index contributed by atoms with van der Waals surface area (Å²) in [5.74, 6) is -0.678. The van der Waals surface area contributed by atoms with E-state index in [4.69, 9.17) is 4.74 Å². The number of hydrogen-bond acceptors (Lipinski definition) is 5. The van der Waals surface area contributed by atoms with Crippen LogP contribution in [0.2, 0.25) is 0 Å². The summed E-state index contributed by atoms with van der Waals surface area (Å²) >= 11 is 0. The first-order valence-electron chi connectivity index (χ1n) is 13.0. The summed E-state index contributed by atoms with van der Waals surface area (Å²) in [6.07, 6.45) is 0. The molecule has 10 heteroatoms. The third-order valence-corrected chi connectivity index (χ3v) is 8.15. The van der Waals surface area contributed by atoms with Crippen molar-refractivity contribution in [3.8, 4) is 5.75 Å². The van der Waals surface area contributed by atoms with Crippen LogP contribution in [0.15, 0.2) is 77.7 Å². The highest BCUT2D eigenvalue weighted by Gasteiger charge is 2.32. The van der Waals surface area contributed by atoms with Gasteiger partial charge in [0.05, 0.1) is 17.7 Å². The van der Waals surface area contributed by atoms with Gasteiger partial charge in [-0.15, -0.1) is 0 Å². The fourth-order valence-corrected chi connectivity index (χ4v) is 5.35. The Balaban J connectivity index is 2.01. The molecule has 3 rings (SSSR count). The Hall–Kier alpha value is -3.92. The monoisotopic (exact) mass is 569 g/mol. The Kier molecular flexibility index (Phi) is 10.3. The second-order valence-electron chi connectivity index (χ2n) is 9.99. The average Bonchev–Trinajstić information content (AvgIpc) is 2.94. The van der Waals surface area contributed by atoms with Crippen LogP contribution in [-0.2, 0) is 26.2 Å². The summed E-state index contributed by atoms with van der Waals surface area (Å²) in [7, 11) is -2.67. The van der Waals surface area contributed by atoms with E-state index in [2.05, 4.69) is 5.32 Å². The lowest BCUT2D eigenvalue weighted by Gasteiger charge is -2.32. The molecule has 1 atom stereocenters. The number of benzene rings is 3. The molecule has 0 aromatic heterocycles. The lowest BCUT2D eigenvalue weighted by Crippen LogP contribution is -2.51. The fourth-order valence-electron chi connectivity index (χ4n) is 3.94. The summed E-state index contributed by atoms with van der Waals surface area (Å²) in [6, 6.07) is 17.3. The molecule has 0 aliphatic heterocycles. The summed E-state index contributed by atoms with van der Waals surface area (Å²) in [5, 5.41) is 2.83. The van der Waals surface area contributed by atoms with Gasteiger partial charge in [0, 0.05) is 13.1 Å². The van der Waals surface area contributed by atoms with Crippen LogP contribution in [0.1, 0.15) is 31.9 Å². The van der Waals surface area contributed by atoms with Crippen LogP contribution in [0.5, 0.6) is 5.75 Å². The van der Waals surface area contributed by atoms with Crippen molar-refractivity contribution in [2.24, 2.45) is 5.92 Å². The lowest BCUT2D eigenvalue weighted by atomic mass is 10.1. The fraction of sp³-hybridized carbons (Fsp3) is 0.333. The van der Waals surface area contributed by atoms with E-state index in [1.807, 2.05) is 20.8 Å². The van der Waals surface area contributed by atoms with Crippen molar-refractivity contribution in [2.75, 3.05) is 24.5 Å². The SMILES string of the molecule is COc1ccc(N(CC(=O)N(Cc2ccc(F)cc2)[C@@H](C)C(=O)NCC(C)C)S(=O)(=O)c2ccc(C)cc2)cc1. The summed E-state index contributed by atoms with van der Waals surface area (Å²) in [6.45, 7) is 7.18. The van der Waals surface area contributed by atoms with Gasteiger partial charge >= 0.3 is 0 Å². The van der Waals surface area contributed by atoms with Crippen molar-refractivity contribution >= 4 is 27.5 Å². The van der Waals surface area contributed by atoms with Crippen molar-refractivity contribution in [1.82, 2.24) is 10.2 Å². The molecule has 0 radical (unpaired) electrons. The maximum absolute atomic E-state index is 13.9. The van der Waals surface area contributed by atoms with Gasteiger partial charge in [0.25, 0.3) is 10.0 Å². The molecule has 3 aromatic rings. The predicted octanol–water partition coefficient (Wildman–Crippen LogP) is 4.53. The number of anilines is 1. The number of rotatable bonds is 12. The number of methoxy groups -OCH3 is 1. The number of nitrogens with zero attached hydrogens (tertiary/aromatic N) is 2. The van der Waals surface area contributed by atoms with Crippen LogP contribution < -0.4 is 14.4 Å². The molecular weight excluding hydrogens is 533 g/mol. The van der Waals surface area contributed by atoms with Gasteiger partial charge in [-0.1, -0.05) is 43.7 Å². The van der Waals surface area contributed by atoms with Crippen molar-refractivity contribution in [1.29, 1.82) is 0 Å². The van der Waals surface area contributed by atoms with Crippen LogP contribution in [0.3, 0.4) is 0 Å². The number of aryl methyl sites for hydroxylation is 1. The molecule has 0 saturated heterocycles. The Morgan fingerprint density at radius 1 is 0.925 bits per heavy atom. The molecule has 0 aliphatic carbocycles. The number of carbonyl (C=O) groups excluding carboxylic acids is 2. The highest BCUT2D eigenvalue weighted by atomic mass is 32.2. The zero-order valence-electron chi connectivity index (χ0n) is 23.4. The van der Waals surface area contributed by atoms with Crippen molar-refractivity contribution < 1.29 is 27.1 Å². The highest BCUT2D eigenvalue weighted by molar-refractivity contribution is 7.92. The maximum Gasteiger partial charge on any atom is 0.264 e. The van der Waals surface area contributed by atoms with Gasteiger partial charge in [0.15, 0.2) is 0 Å². The summed E-state index contributed by atoms with van der Waals surface area (Å²) < 4.78 is 47.5. The second kappa shape index (κ2) is 13.4. The first-order chi connectivity index (χ1) is 18.9. The molecule has 1 N–H and O–H groups in total. The molecule has 2 amide bonds. The highest BCUT2D eigenvalue weighted by Crippen LogP contribution is 2.27. The van der Waals surface area contributed by atoms with Crippen LogP contribution in [0.4, 0.5) is 10.1 Å². The van der Waals surface area contributed by atoms with Crippen LogP contribution in [-0.4, -0.2) is 51.4 Å². The molecule has 0 aliphatic rings. The third kappa shape index (κ3) is 7.81.